The standard InChI is InChI=1S/C48H42N4/c1-48(2)43-24-13-12-23-40(43)42-31-45(41(30-44(42)48)36-27-25-35(26-28-36)34-16-6-3-7-17-34)51-39-22-14-15-33(29-39)32-50-47(38-20-10-5-11-21-38)52-46(49)37-18-8-4-9-19-37/h3-31,46,51H,32,49H2,1-2H3,(H,50,52). The van der Waals surface area contributed by atoms with Crippen LogP contribution in [-0.4, -0.2) is 5.84 Å². The third kappa shape index (κ3) is 6.64. The van der Waals surface area contributed by atoms with Crippen molar-refractivity contribution < 1.29 is 0 Å². The second-order valence-electron chi connectivity index (χ2n) is 13.9. The SMILES string of the molecule is CC1(C)c2ccccc2-c2cc(Nc3cccc(CN=C(NC(N)c4ccccc4)c4ccccc4)c3)c(-c3ccc(-c4ccccc4)cc3)cc21. The highest BCUT2D eigenvalue weighted by atomic mass is 15.1. The molecule has 0 aliphatic heterocycles. The molecule has 4 nitrogen and oxygen atoms in total. The average Bonchev–Trinajstić information content (AvgIpc) is 3.42. The largest absolute Gasteiger partial charge is 0.355 e. The molecule has 0 heterocycles. The van der Waals surface area contributed by atoms with Crippen LogP contribution in [-0.2, 0) is 12.0 Å². The highest BCUT2D eigenvalue weighted by Gasteiger charge is 2.36. The molecule has 1 unspecified atom stereocenters. The van der Waals surface area contributed by atoms with E-state index in [1.807, 2.05) is 48.5 Å². The summed E-state index contributed by atoms with van der Waals surface area (Å²) in [7, 11) is 0. The molecule has 0 saturated heterocycles. The summed E-state index contributed by atoms with van der Waals surface area (Å²) in [5.41, 5.74) is 21.7. The van der Waals surface area contributed by atoms with Crippen molar-refractivity contribution in [1.82, 2.24) is 5.32 Å². The molecule has 254 valence electrons. The highest BCUT2D eigenvalue weighted by molar-refractivity contribution is 5.99. The van der Waals surface area contributed by atoms with E-state index in [0.29, 0.717) is 6.54 Å². The van der Waals surface area contributed by atoms with Crippen molar-refractivity contribution >= 4 is 17.2 Å². The van der Waals surface area contributed by atoms with Gasteiger partial charge in [0.25, 0.3) is 0 Å². The van der Waals surface area contributed by atoms with Gasteiger partial charge >= 0.3 is 0 Å². The number of nitrogens with one attached hydrogen (secondary N) is 2. The van der Waals surface area contributed by atoms with E-state index in [4.69, 9.17) is 10.7 Å². The fourth-order valence-electron chi connectivity index (χ4n) is 7.34. The van der Waals surface area contributed by atoms with Crippen LogP contribution >= 0.6 is 0 Å². The zero-order chi connectivity index (χ0) is 35.5. The van der Waals surface area contributed by atoms with Gasteiger partial charge in [-0.2, -0.15) is 0 Å². The van der Waals surface area contributed by atoms with Crippen molar-refractivity contribution in [2.24, 2.45) is 10.7 Å². The summed E-state index contributed by atoms with van der Waals surface area (Å²) in [6.07, 6.45) is -0.386. The molecule has 8 rings (SSSR count). The molecule has 0 spiro atoms. The molecule has 0 radical (unpaired) electrons. The second-order valence-corrected chi connectivity index (χ2v) is 13.9. The summed E-state index contributed by atoms with van der Waals surface area (Å²) in [6.45, 7) is 5.17. The van der Waals surface area contributed by atoms with Crippen LogP contribution in [0.25, 0.3) is 33.4 Å². The number of anilines is 2. The molecule has 0 aromatic heterocycles. The van der Waals surface area contributed by atoms with Crippen molar-refractivity contribution in [1.29, 1.82) is 0 Å². The van der Waals surface area contributed by atoms with Gasteiger partial charge in [0.15, 0.2) is 0 Å². The quantitative estimate of drug-likeness (QED) is 0.0811. The monoisotopic (exact) mass is 674 g/mol. The number of nitrogens with zero attached hydrogens (tertiary/aromatic N) is 1. The number of hydrogen-bond donors (Lipinski definition) is 3. The zero-order valence-electron chi connectivity index (χ0n) is 29.6. The number of fused-ring (bicyclic) bond motifs is 3. The predicted octanol–water partition coefficient (Wildman–Crippen LogP) is 11.3. The summed E-state index contributed by atoms with van der Waals surface area (Å²) >= 11 is 0. The van der Waals surface area contributed by atoms with E-state index in [1.165, 1.54) is 44.5 Å². The Morgan fingerprint density at radius 1 is 0.577 bits per heavy atom. The van der Waals surface area contributed by atoms with Crippen molar-refractivity contribution in [2.45, 2.75) is 32.0 Å². The van der Waals surface area contributed by atoms with E-state index in [9.17, 15) is 0 Å². The van der Waals surface area contributed by atoms with E-state index in [0.717, 1.165) is 33.9 Å². The predicted molar refractivity (Wildman–Crippen MR) is 218 cm³/mol. The molecule has 7 aromatic rings. The minimum atomic E-state index is -0.386. The molecule has 1 atom stereocenters. The van der Waals surface area contributed by atoms with E-state index in [2.05, 4.69) is 152 Å². The normalized spacial score (nSPS) is 13.6. The maximum Gasteiger partial charge on any atom is 0.130 e. The average molecular weight is 675 g/mol. The van der Waals surface area contributed by atoms with E-state index in [-0.39, 0.29) is 11.6 Å². The summed E-state index contributed by atoms with van der Waals surface area (Å²) in [5.74, 6) is 0.761. The Kier molecular flexibility index (Phi) is 8.98. The second kappa shape index (κ2) is 14.2. The molecule has 1 aliphatic carbocycles. The van der Waals surface area contributed by atoms with E-state index in [1.54, 1.807) is 0 Å². The van der Waals surface area contributed by atoms with Gasteiger partial charge in [-0.15, -0.1) is 0 Å². The van der Waals surface area contributed by atoms with Crippen molar-refractivity contribution in [3.63, 3.8) is 0 Å². The van der Waals surface area contributed by atoms with Gasteiger partial charge in [0.2, 0.25) is 0 Å². The molecule has 1 aliphatic rings. The minimum absolute atomic E-state index is 0.103. The van der Waals surface area contributed by atoms with Crippen LogP contribution in [0.2, 0.25) is 0 Å². The number of benzene rings is 7. The Hall–Kier alpha value is -6.23. The van der Waals surface area contributed by atoms with Crippen molar-refractivity contribution in [2.75, 3.05) is 5.32 Å². The number of rotatable bonds is 9. The van der Waals surface area contributed by atoms with Crippen LogP contribution in [0.3, 0.4) is 0 Å². The van der Waals surface area contributed by atoms with Gasteiger partial charge < -0.3 is 16.4 Å². The first-order valence-electron chi connectivity index (χ1n) is 17.9. The Morgan fingerprint density at radius 3 is 1.96 bits per heavy atom. The van der Waals surface area contributed by atoms with Gasteiger partial charge in [-0.3, -0.25) is 4.99 Å². The van der Waals surface area contributed by atoms with E-state index < -0.39 is 0 Å². The lowest BCUT2D eigenvalue weighted by atomic mass is 9.81. The van der Waals surface area contributed by atoms with Crippen LogP contribution in [0.1, 0.15) is 47.8 Å². The van der Waals surface area contributed by atoms with Gasteiger partial charge in [-0.1, -0.05) is 166 Å². The fraction of sp³-hybridized carbons (Fsp3) is 0.104. The first-order chi connectivity index (χ1) is 25.4. The molecule has 4 N–H and O–H groups in total. The molecule has 7 aromatic carbocycles. The zero-order valence-corrected chi connectivity index (χ0v) is 29.6. The van der Waals surface area contributed by atoms with Crippen molar-refractivity contribution in [3.8, 4) is 33.4 Å². The summed E-state index contributed by atoms with van der Waals surface area (Å²) in [6, 6.07) is 61.8. The Balaban J connectivity index is 1.13. The van der Waals surface area contributed by atoms with Crippen LogP contribution in [0.5, 0.6) is 0 Å². The van der Waals surface area contributed by atoms with Gasteiger partial charge in [0.05, 0.1) is 6.54 Å². The number of hydrogen-bond acceptors (Lipinski definition) is 3. The minimum Gasteiger partial charge on any atom is -0.355 e. The molecule has 0 bridgehead atoms. The molecule has 52 heavy (non-hydrogen) atoms. The lowest BCUT2D eigenvalue weighted by Crippen LogP contribution is -2.34. The van der Waals surface area contributed by atoms with Gasteiger partial charge in [-0.25, -0.2) is 0 Å². The van der Waals surface area contributed by atoms with Crippen LogP contribution in [0, 0.1) is 0 Å². The Bertz CT molecular complexity index is 2350. The maximum atomic E-state index is 6.60. The highest BCUT2D eigenvalue weighted by Crippen LogP contribution is 2.51. The first kappa shape index (κ1) is 32.9. The number of amidine groups is 1. The maximum absolute atomic E-state index is 6.60. The fourth-order valence-corrected chi connectivity index (χ4v) is 7.34. The molecule has 0 fully saturated rings. The van der Waals surface area contributed by atoms with Crippen LogP contribution in [0.4, 0.5) is 11.4 Å². The summed E-state index contributed by atoms with van der Waals surface area (Å²) in [5, 5.41) is 7.30. The Labute approximate surface area is 306 Å². The van der Waals surface area contributed by atoms with Crippen LogP contribution < -0.4 is 16.4 Å². The lowest BCUT2D eigenvalue weighted by Gasteiger charge is -2.23. The molecule has 0 saturated carbocycles. The smallest absolute Gasteiger partial charge is 0.130 e. The third-order valence-electron chi connectivity index (χ3n) is 10.1. The lowest BCUT2D eigenvalue weighted by molar-refractivity contribution is 0.660. The molecule has 0 amide bonds. The first-order valence-corrected chi connectivity index (χ1v) is 17.9. The Morgan fingerprint density at radius 2 is 1.21 bits per heavy atom. The molecular weight excluding hydrogens is 633 g/mol. The van der Waals surface area contributed by atoms with E-state index >= 15 is 0 Å². The topological polar surface area (TPSA) is 62.4 Å². The summed E-state index contributed by atoms with van der Waals surface area (Å²) < 4.78 is 0. The number of nitrogens with two attached hydrogens (primary N) is 1. The molecule has 4 heteroatoms. The van der Waals surface area contributed by atoms with Crippen LogP contribution in [0.15, 0.2) is 181 Å². The third-order valence-corrected chi connectivity index (χ3v) is 10.1. The summed E-state index contributed by atoms with van der Waals surface area (Å²) in [4.78, 5) is 5.06. The number of aliphatic imine (C=N–C) groups is 1. The van der Waals surface area contributed by atoms with Gasteiger partial charge in [0.1, 0.15) is 12.0 Å². The van der Waals surface area contributed by atoms with Gasteiger partial charge in [-0.05, 0) is 74.3 Å². The van der Waals surface area contributed by atoms with Crippen molar-refractivity contribution in [3.05, 3.63) is 204 Å². The van der Waals surface area contributed by atoms with Gasteiger partial charge in [0, 0.05) is 27.9 Å². The molecular formula is C48H42N4.